The molecule has 110 valence electrons. The predicted octanol–water partition coefficient (Wildman–Crippen LogP) is 4.28. The molecule has 0 atom stereocenters. The number of pyridine rings is 1. The van der Waals surface area contributed by atoms with Gasteiger partial charge in [-0.25, -0.2) is 0 Å². The van der Waals surface area contributed by atoms with Crippen molar-refractivity contribution in [3.05, 3.63) is 76.7 Å². The van der Waals surface area contributed by atoms with Gasteiger partial charge in [-0.15, -0.1) is 0 Å². The average molecular weight is 299 g/mol. The molecule has 0 aliphatic carbocycles. The van der Waals surface area contributed by atoms with Gasteiger partial charge in [0, 0.05) is 16.3 Å². The van der Waals surface area contributed by atoms with Gasteiger partial charge in [0.05, 0.1) is 17.3 Å². The minimum absolute atomic E-state index is 0.0665. The first-order chi connectivity index (χ1) is 11.3. The lowest BCUT2D eigenvalue weighted by Gasteiger charge is -2.15. The van der Waals surface area contributed by atoms with Crippen LogP contribution in [0, 0.1) is 0 Å². The van der Waals surface area contributed by atoms with E-state index in [4.69, 9.17) is 4.74 Å². The molecular weight excluding hydrogens is 286 g/mol. The Hall–Kier alpha value is -3.07. The maximum Gasteiger partial charge on any atom is 0.197 e. The average Bonchev–Trinajstić information content (AvgIpc) is 2.60. The Balaban J connectivity index is 1.97. The molecule has 1 aliphatic heterocycles. The van der Waals surface area contributed by atoms with Gasteiger partial charge in [-0.05, 0) is 47.5 Å². The maximum atomic E-state index is 12.9. The smallest absolute Gasteiger partial charge is 0.197 e. The summed E-state index contributed by atoms with van der Waals surface area (Å²) in [6.45, 7) is 0. The molecule has 0 bridgehead atoms. The Morgan fingerprint density at radius 1 is 0.957 bits per heavy atom. The van der Waals surface area contributed by atoms with E-state index < -0.39 is 0 Å². The molecule has 2 heterocycles. The molecule has 3 heteroatoms. The number of hydrogen-bond acceptors (Lipinski definition) is 2. The molecule has 1 N–H and O–H groups in total. The molecule has 4 aromatic rings. The number of hydrogen-bond donors (Lipinski definition) is 1. The minimum atomic E-state index is 0.0665. The Morgan fingerprint density at radius 3 is 2.65 bits per heavy atom. The highest BCUT2D eigenvalue weighted by molar-refractivity contribution is 6.01. The molecule has 1 aromatic heterocycles. The van der Waals surface area contributed by atoms with E-state index in [0.717, 1.165) is 44.9 Å². The first-order valence-corrected chi connectivity index (χ1v) is 7.63. The Labute approximate surface area is 131 Å². The number of H-pyrrole nitrogens is 1. The molecule has 0 radical (unpaired) electrons. The fraction of sp³-hybridized carbons (Fsp3) is 0.0500. The van der Waals surface area contributed by atoms with E-state index in [1.54, 1.807) is 6.26 Å². The summed E-state index contributed by atoms with van der Waals surface area (Å²) < 4.78 is 5.55. The van der Waals surface area contributed by atoms with Crippen molar-refractivity contribution in [2.24, 2.45) is 0 Å². The highest BCUT2D eigenvalue weighted by Gasteiger charge is 2.15. The molecular formula is C20H13NO2. The quantitative estimate of drug-likeness (QED) is 0.492. The van der Waals surface area contributed by atoms with Crippen molar-refractivity contribution in [2.45, 2.75) is 6.42 Å². The van der Waals surface area contributed by atoms with Crippen molar-refractivity contribution in [3.8, 4) is 5.75 Å². The minimum Gasteiger partial charge on any atom is -0.465 e. The number of fused-ring (bicyclic) bond motifs is 5. The third kappa shape index (κ3) is 1.73. The standard InChI is InChI=1S/C20H13NO2/c22-20-15-7-8-18-14(6-3-9-23-18)19(15)21-17-11-13-5-2-1-4-12(13)10-16(17)20/h1-5,7-11H,6H2,(H,21,22). The van der Waals surface area contributed by atoms with Gasteiger partial charge >= 0.3 is 0 Å². The number of aromatic nitrogens is 1. The number of benzene rings is 3. The Bertz CT molecular complexity index is 1190. The summed E-state index contributed by atoms with van der Waals surface area (Å²) in [5, 5.41) is 3.64. The zero-order valence-electron chi connectivity index (χ0n) is 12.3. The number of nitrogens with one attached hydrogen (secondary N) is 1. The van der Waals surface area contributed by atoms with Crippen molar-refractivity contribution >= 4 is 32.6 Å². The topological polar surface area (TPSA) is 42.1 Å². The Kier molecular flexibility index (Phi) is 2.42. The van der Waals surface area contributed by atoms with E-state index in [-0.39, 0.29) is 5.43 Å². The van der Waals surface area contributed by atoms with E-state index in [2.05, 4.69) is 11.1 Å². The van der Waals surface area contributed by atoms with Crippen molar-refractivity contribution < 1.29 is 4.74 Å². The van der Waals surface area contributed by atoms with Crippen LogP contribution in [0.1, 0.15) is 5.56 Å². The van der Waals surface area contributed by atoms with Crippen LogP contribution in [0.3, 0.4) is 0 Å². The SMILES string of the molecule is O=c1c2cc3ccccc3cc2[nH]c2c3c(ccc12)OC=CC3. The van der Waals surface area contributed by atoms with Gasteiger partial charge in [-0.3, -0.25) is 4.79 Å². The summed E-state index contributed by atoms with van der Waals surface area (Å²) in [5.41, 5.74) is 2.85. The van der Waals surface area contributed by atoms with Gasteiger partial charge in [-0.1, -0.05) is 24.3 Å². The van der Waals surface area contributed by atoms with Crippen LogP contribution < -0.4 is 10.2 Å². The van der Waals surface area contributed by atoms with Crippen LogP contribution in [-0.4, -0.2) is 4.98 Å². The van der Waals surface area contributed by atoms with Crippen molar-refractivity contribution in [3.63, 3.8) is 0 Å². The second kappa shape index (κ2) is 4.46. The monoisotopic (exact) mass is 299 g/mol. The molecule has 0 saturated carbocycles. The number of ether oxygens (including phenoxy) is 1. The van der Waals surface area contributed by atoms with E-state index in [9.17, 15) is 4.79 Å². The van der Waals surface area contributed by atoms with E-state index in [0.29, 0.717) is 5.39 Å². The molecule has 5 rings (SSSR count). The largest absolute Gasteiger partial charge is 0.465 e. The first kappa shape index (κ1) is 12.5. The third-order valence-electron chi connectivity index (χ3n) is 4.52. The molecule has 0 saturated heterocycles. The van der Waals surface area contributed by atoms with Gasteiger partial charge < -0.3 is 9.72 Å². The van der Waals surface area contributed by atoms with Gasteiger partial charge in [0.25, 0.3) is 0 Å². The second-order valence-corrected chi connectivity index (χ2v) is 5.86. The van der Waals surface area contributed by atoms with Crippen LogP contribution in [0.2, 0.25) is 0 Å². The van der Waals surface area contributed by atoms with Crippen molar-refractivity contribution in [2.75, 3.05) is 0 Å². The van der Waals surface area contributed by atoms with Crippen LogP contribution >= 0.6 is 0 Å². The molecule has 1 aliphatic rings. The lowest BCUT2D eigenvalue weighted by Crippen LogP contribution is -2.07. The van der Waals surface area contributed by atoms with Gasteiger partial charge in [0.15, 0.2) is 5.43 Å². The molecule has 0 spiro atoms. The summed E-state index contributed by atoms with van der Waals surface area (Å²) in [4.78, 5) is 16.4. The summed E-state index contributed by atoms with van der Waals surface area (Å²) in [7, 11) is 0. The molecule has 0 unspecified atom stereocenters. The van der Waals surface area contributed by atoms with E-state index in [1.165, 1.54) is 0 Å². The zero-order chi connectivity index (χ0) is 15.4. The van der Waals surface area contributed by atoms with Gasteiger partial charge in [-0.2, -0.15) is 0 Å². The molecule has 0 fully saturated rings. The van der Waals surface area contributed by atoms with Gasteiger partial charge in [0.2, 0.25) is 0 Å². The lowest BCUT2D eigenvalue weighted by molar-refractivity contribution is 0.466. The van der Waals surface area contributed by atoms with E-state index in [1.807, 2.05) is 48.5 Å². The summed E-state index contributed by atoms with van der Waals surface area (Å²) in [6, 6.07) is 15.8. The van der Waals surface area contributed by atoms with Crippen LogP contribution in [-0.2, 0) is 6.42 Å². The summed E-state index contributed by atoms with van der Waals surface area (Å²) >= 11 is 0. The fourth-order valence-electron chi connectivity index (χ4n) is 3.37. The lowest BCUT2D eigenvalue weighted by atomic mass is 10.0. The molecule has 3 aromatic carbocycles. The number of aromatic amines is 1. The van der Waals surface area contributed by atoms with E-state index >= 15 is 0 Å². The van der Waals surface area contributed by atoms with Crippen LogP contribution in [0.15, 0.2) is 65.7 Å². The molecule has 23 heavy (non-hydrogen) atoms. The van der Waals surface area contributed by atoms with Gasteiger partial charge in [0.1, 0.15) is 5.75 Å². The molecule has 0 amide bonds. The van der Waals surface area contributed by atoms with Crippen molar-refractivity contribution in [1.29, 1.82) is 0 Å². The predicted molar refractivity (Wildman–Crippen MR) is 93.1 cm³/mol. The molecule has 3 nitrogen and oxygen atoms in total. The zero-order valence-corrected chi connectivity index (χ0v) is 12.3. The first-order valence-electron chi connectivity index (χ1n) is 7.63. The summed E-state index contributed by atoms with van der Waals surface area (Å²) in [5.74, 6) is 0.816. The van der Waals surface area contributed by atoms with Crippen LogP contribution in [0.5, 0.6) is 5.75 Å². The normalized spacial score (nSPS) is 13.4. The number of rotatable bonds is 0. The maximum absolute atomic E-state index is 12.9. The van der Waals surface area contributed by atoms with Crippen molar-refractivity contribution in [1.82, 2.24) is 4.98 Å². The number of allylic oxidation sites excluding steroid dienone is 1. The Morgan fingerprint density at radius 2 is 1.78 bits per heavy atom. The fourth-order valence-corrected chi connectivity index (χ4v) is 3.37. The third-order valence-corrected chi connectivity index (χ3v) is 4.52. The highest BCUT2D eigenvalue weighted by Crippen LogP contribution is 2.30. The van der Waals surface area contributed by atoms with Crippen LogP contribution in [0.4, 0.5) is 0 Å². The van der Waals surface area contributed by atoms with Crippen LogP contribution in [0.25, 0.3) is 32.6 Å². The second-order valence-electron chi connectivity index (χ2n) is 5.86. The highest BCUT2D eigenvalue weighted by atomic mass is 16.5. The summed E-state index contributed by atoms with van der Waals surface area (Å²) in [6.07, 6.45) is 4.42.